The highest BCUT2D eigenvalue weighted by Gasteiger charge is 2.12. The fourth-order valence-corrected chi connectivity index (χ4v) is 3.06. The molecule has 0 saturated heterocycles. The molecule has 0 aliphatic heterocycles. The van der Waals surface area contributed by atoms with Gasteiger partial charge in [-0.15, -0.1) is 0 Å². The number of nitrogens with zero attached hydrogens (tertiary/aromatic N) is 1. The molecule has 0 saturated carbocycles. The number of pyridine rings is 1. The highest BCUT2D eigenvalue weighted by molar-refractivity contribution is 5.76. The first-order chi connectivity index (χ1) is 11.3. The minimum atomic E-state index is -0.303. The lowest BCUT2D eigenvalue weighted by atomic mass is 9.92. The van der Waals surface area contributed by atoms with Gasteiger partial charge in [-0.05, 0) is 60.1 Å². The first-order valence-electron chi connectivity index (χ1n) is 8.22. The largest absolute Gasteiger partial charge is 0.481 e. The van der Waals surface area contributed by atoms with Crippen LogP contribution in [-0.4, -0.2) is 18.0 Å². The van der Waals surface area contributed by atoms with Crippen LogP contribution in [0.1, 0.15) is 53.1 Å². The fraction of sp³-hybridized carbons (Fsp3) is 0.400. The Labute approximate surface area is 144 Å². The number of carbonyl (C=O) groups is 1. The van der Waals surface area contributed by atoms with Gasteiger partial charge in [-0.1, -0.05) is 26.0 Å². The number of primary amides is 1. The van der Waals surface area contributed by atoms with E-state index in [9.17, 15) is 4.79 Å². The monoisotopic (exact) mass is 326 g/mol. The Morgan fingerprint density at radius 1 is 1.17 bits per heavy atom. The third-order valence-electron chi connectivity index (χ3n) is 4.27. The van der Waals surface area contributed by atoms with Crippen molar-refractivity contribution in [1.82, 2.24) is 4.98 Å². The zero-order valence-electron chi connectivity index (χ0n) is 15.1. The second kappa shape index (κ2) is 7.47. The van der Waals surface area contributed by atoms with Crippen molar-refractivity contribution in [3.05, 3.63) is 57.8 Å². The summed E-state index contributed by atoms with van der Waals surface area (Å²) in [6, 6.07) is 6.27. The summed E-state index contributed by atoms with van der Waals surface area (Å²) in [4.78, 5) is 15.6. The zero-order chi connectivity index (χ0) is 17.9. The fourth-order valence-electron chi connectivity index (χ4n) is 3.06. The molecule has 24 heavy (non-hydrogen) atoms. The Morgan fingerprint density at radius 3 is 2.29 bits per heavy atom. The molecule has 0 spiro atoms. The molecule has 128 valence electrons. The molecule has 0 fully saturated rings. The van der Waals surface area contributed by atoms with Crippen LogP contribution in [0.25, 0.3) is 0 Å². The molecule has 1 aromatic carbocycles. The topological polar surface area (TPSA) is 65.2 Å². The zero-order valence-corrected chi connectivity index (χ0v) is 15.1. The second-order valence-electron chi connectivity index (χ2n) is 6.62. The number of hydrogen-bond acceptors (Lipinski definition) is 3. The summed E-state index contributed by atoms with van der Waals surface area (Å²) in [5.74, 6) is 0.744. The Hall–Kier alpha value is -2.36. The number of aryl methyl sites for hydroxylation is 2. The van der Waals surface area contributed by atoms with Crippen LogP contribution in [0.3, 0.4) is 0 Å². The number of nitrogens with two attached hydrogens (primary N) is 1. The van der Waals surface area contributed by atoms with E-state index in [2.05, 4.69) is 38.7 Å². The molecule has 0 unspecified atom stereocenters. The van der Waals surface area contributed by atoms with E-state index in [1.54, 1.807) is 7.11 Å². The molecule has 2 aromatic rings. The molecule has 4 nitrogen and oxygen atoms in total. The van der Waals surface area contributed by atoms with E-state index in [0.29, 0.717) is 11.8 Å². The van der Waals surface area contributed by atoms with Crippen molar-refractivity contribution in [2.24, 2.45) is 5.73 Å². The first-order valence-corrected chi connectivity index (χ1v) is 8.22. The molecule has 4 heteroatoms. The van der Waals surface area contributed by atoms with E-state index in [1.165, 1.54) is 16.7 Å². The molecular weight excluding hydrogens is 300 g/mol. The van der Waals surface area contributed by atoms with Crippen LogP contribution in [0.15, 0.2) is 24.4 Å². The van der Waals surface area contributed by atoms with Gasteiger partial charge >= 0.3 is 0 Å². The van der Waals surface area contributed by atoms with E-state index in [0.717, 1.165) is 23.1 Å². The summed E-state index contributed by atoms with van der Waals surface area (Å²) in [7, 11) is 1.65. The summed E-state index contributed by atoms with van der Waals surface area (Å²) >= 11 is 0. The third kappa shape index (κ3) is 4.13. The molecule has 1 aromatic heterocycles. The van der Waals surface area contributed by atoms with E-state index < -0.39 is 0 Å². The third-order valence-corrected chi connectivity index (χ3v) is 4.27. The van der Waals surface area contributed by atoms with Crippen LogP contribution < -0.4 is 10.5 Å². The maximum atomic E-state index is 11.1. The van der Waals surface area contributed by atoms with Gasteiger partial charge in [0.1, 0.15) is 0 Å². The van der Waals surface area contributed by atoms with E-state index >= 15 is 0 Å². The second-order valence-corrected chi connectivity index (χ2v) is 6.62. The molecule has 2 N–H and O–H groups in total. The number of ether oxygens (including phenoxy) is 1. The van der Waals surface area contributed by atoms with Gasteiger partial charge in [-0.3, -0.25) is 4.79 Å². The lowest BCUT2D eigenvalue weighted by Crippen LogP contribution is -2.14. The van der Waals surface area contributed by atoms with Gasteiger partial charge in [-0.2, -0.15) is 0 Å². The van der Waals surface area contributed by atoms with Crippen LogP contribution >= 0.6 is 0 Å². The average molecular weight is 326 g/mol. The SMILES string of the molecule is COc1ncc(Cc2c(C)cc(CC(N)=O)cc2C)cc1C(C)C. The minimum absolute atomic E-state index is 0.281. The Morgan fingerprint density at radius 2 is 1.79 bits per heavy atom. The van der Waals surface area contributed by atoms with Gasteiger partial charge in [0.25, 0.3) is 0 Å². The van der Waals surface area contributed by atoms with Crippen molar-refractivity contribution >= 4 is 5.91 Å². The average Bonchev–Trinajstić information content (AvgIpc) is 2.50. The van der Waals surface area contributed by atoms with E-state index in [4.69, 9.17) is 10.5 Å². The smallest absolute Gasteiger partial charge is 0.221 e. The molecule has 0 radical (unpaired) electrons. The van der Waals surface area contributed by atoms with E-state index in [1.807, 2.05) is 18.3 Å². The van der Waals surface area contributed by atoms with E-state index in [-0.39, 0.29) is 12.3 Å². The number of benzene rings is 1. The number of hydrogen-bond donors (Lipinski definition) is 1. The quantitative estimate of drug-likeness (QED) is 0.884. The molecule has 0 atom stereocenters. The van der Waals surface area contributed by atoms with Gasteiger partial charge < -0.3 is 10.5 Å². The summed E-state index contributed by atoms with van der Waals surface area (Å²) in [6.07, 6.45) is 2.97. The summed E-state index contributed by atoms with van der Waals surface area (Å²) in [5.41, 5.74) is 12.2. The first kappa shape index (κ1) is 18.0. The maximum Gasteiger partial charge on any atom is 0.221 e. The number of methoxy groups -OCH3 is 1. The molecule has 0 aliphatic rings. The lowest BCUT2D eigenvalue weighted by molar-refractivity contribution is -0.117. The standard InChI is InChI=1S/C20H26N2O2/c1-12(2)17-8-16(11-22-20(17)24-5)9-18-13(3)6-15(7-14(18)4)10-19(21)23/h6-8,11-12H,9-10H2,1-5H3,(H2,21,23). The Balaban J connectivity index is 2.34. The van der Waals surface area contributed by atoms with Gasteiger partial charge in [0.2, 0.25) is 11.8 Å². The highest BCUT2D eigenvalue weighted by Crippen LogP contribution is 2.27. The molecule has 0 bridgehead atoms. The van der Waals surface area contributed by atoms with Crippen LogP contribution in [-0.2, 0) is 17.6 Å². The summed E-state index contributed by atoms with van der Waals surface area (Å²) in [5, 5.41) is 0. The van der Waals surface area contributed by atoms with Crippen molar-refractivity contribution in [3.63, 3.8) is 0 Å². The predicted octanol–water partition coefficient (Wildman–Crippen LogP) is 3.45. The maximum absolute atomic E-state index is 11.1. The van der Waals surface area contributed by atoms with Crippen molar-refractivity contribution in [2.75, 3.05) is 7.11 Å². The molecule has 1 heterocycles. The van der Waals surface area contributed by atoms with Gasteiger partial charge in [0.15, 0.2) is 0 Å². The van der Waals surface area contributed by atoms with Crippen LogP contribution in [0.4, 0.5) is 0 Å². The minimum Gasteiger partial charge on any atom is -0.481 e. The van der Waals surface area contributed by atoms with Crippen molar-refractivity contribution in [1.29, 1.82) is 0 Å². The van der Waals surface area contributed by atoms with Crippen LogP contribution in [0.2, 0.25) is 0 Å². The Kier molecular flexibility index (Phi) is 5.60. The molecule has 2 rings (SSSR count). The lowest BCUT2D eigenvalue weighted by Gasteiger charge is -2.15. The number of aromatic nitrogens is 1. The molecule has 1 amide bonds. The number of amides is 1. The van der Waals surface area contributed by atoms with Gasteiger partial charge in [0.05, 0.1) is 13.5 Å². The predicted molar refractivity (Wildman–Crippen MR) is 96.5 cm³/mol. The van der Waals surface area contributed by atoms with Crippen LogP contribution in [0.5, 0.6) is 5.88 Å². The molecule has 0 aliphatic carbocycles. The number of carbonyl (C=O) groups excluding carboxylic acids is 1. The Bertz CT molecular complexity index is 728. The highest BCUT2D eigenvalue weighted by atomic mass is 16.5. The van der Waals surface area contributed by atoms with Gasteiger partial charge in [-0.25, -0.2) is 4.98 Å². The van der Waals surface area contributed by atoms with Crippen LogP contribution in [0, 0.1) is 13.8 Å². The number of rotatable bonds is 6. The van der Waals surface area contributed by atoms with Gasteiger partial charge in [0, 0.05) is 11.8 Å². The van der Waals surface area contributed by atoms with Crippen molar-refractivity contribution < 1.29 is 9.53 Å². The van der Waals surface area contributed by atoms with Crippen molar-refractivity contribution in [3.8, 4) is 5.88 Å². The van der Waals surface area contributed by atoms with Crippen molar-refractivity contribution in [2.45, 2.75) is 46.5 Å². The summed E-state index contributed by atoms with van der Waals surface area (Å²) < 4.78 is 5.36. The normalized spacial score (nSPS) is 10.9. The summed E-state index contributed by atoms with van der Waals surface area (Å²) in [6.45, 7) is 8.43. The molecular formula is C20H26N2O2.